The summed E-state index contributed by atoms with van der Waals surface area (Å²) in [5, 5.41) is 0. The molecule has 2 rings (SSSR count). The van der Waals surface area contributed by atoms with Crippen molar-refractivity contribution >= 4 is 5.78 Å². The molecule has 94 valence electrons. The van der Waals surface area contributed by atoms with Crippen molar-refractivity contribution < 1.29 is 4.79 Å². The summed E-state index contributed by atoms with van der Waals surface area (Å²) >= 11 is 0. The predicted octanol–water partition coefficient (Wildman–Crippen LogP) is 4.29. The molecule has 2 aliphatic carbocycles. The minimum Gasteiger partial charge on any atom is -0.295 e. The van der Waals surface area contributed by atoms with Gasteiger partial charge < -0.3 is 0 Å². The van der Waals surface area contributed by atoms with Crippen LogP contribution in [0.15, 0.2) is 23.8 Å². The van der Waals surface area contributed by atoms with Gasteiger partial charge in [0, 0.05) is 5.92 Å². The van der Waals surface area contributed by atoms with Crippen molar-refractivity contribution in [1.82, 2.24) is 0 Å². The first-order valence-corrected chi connectivity index (χ1v) is 6.89. The van der Waals surface area contributed by atoms with Crippen molar-refractivity contribution in [3.63, 3.8) is 0 Å². The van der Waals surface area contributed by atoms with E-state index in [9.17, 15) is 4.79 Å². The minimum atomic E-state index is 0.166. The van der Waals surface area contributed by atoms with Gasteiger partial charge in [-0.2, -0.15) is 0 Å². The van der Waals surface area contributed by atoms with E-state index < -0.39 is 0 Å². The molecule has 0 unspecified atom stereocenters. The van der Waals surface area contributed by atoms with Crippen molar-refractivity contribution in [3.05, 3.63) is 23.8 Å². The van der Waals surface area contributed by atoms with Gasteiger partial charge in [0.25, 0.3) is 0 Å². The van der Waals surface area contributed by atoms with Crippen LogP contribution in [0.3, 0.4) is 0 Å². The molecule has 0 N–H and O–H groups in total. The summed E-state index contributed by atoms with van der Waals surface area (Å²) in [5.41, 5.74) is 1.93. The van der Waals surface area contributed by atoms with Gasteiger partial charge >= 0.3 is 0 Å². The number of carbonyl (C=O) groups is 1. The van der Waals surface area contributed by atoms with Gasteiger partial charge in [-0.3, -0.25) is 4.79 Å². The van der Waals surface area contributed by atoms with Crippen LogP contribution in [-0.2, 0) is 4.79 Å². The lowest BCUT2D eigenvalue weighted by molar-refractivity contribution is -0.112. The van der Waals surface area contributed by atoms with E-state index in [4.69, 9.17) is 0 Å². The van der Waals surface area contributed by atoms with E-state index in [0.717, 1.165) is 5.92 Å². The van der Waals surface area contributed by atoms with Crippen LogP contribution in [0, 0.1) is 17.3 Å². The smallest absolute Gasteiger partial charge is 0.152 e. The highest BCUT2D eigenvalue weighted by molar-refractivity contribution is 5.87. The molecule has 0 amide bonds. The van der Waals surface area contributed by atoms with E-state index in [1.807, 2.05) is 0 Å². The Morgan fingerprint density at radius 3 is 2.88 bits per heavy atom. The topological polar surface area (TPSA) is 17.1 Å². The van der Waals surface area contributed by atoms with E-state index in [0.29, 0.717) is 11.3 Å². The van der Waals surface area contributed by atoms with Gasteiger partial charge in [0.1, 0.15) is 0 Å². The van der Waals surface area contributed by atoms with Crippen LogP contribution in [0.1, 0.15) is 52.9 Å². The predicted molar refractivity (Wildman–Crippen MR) is 71.8 cm³/mol. The van der Waals surface area contributed by atoms with E-state index in [2.05, 4.69) is 26.0 Å². The maximum atomic E-state index is 11.2. The number of carbonyl (C=O) groups excluding carboxylic acids is 1. The van der Waals surface area contributed by atoms with Gasteiger partial charge in [-0.25, -0.2) is 0 Å². The number of hydrogen-bond acceptors (Lipinski definition) is 1. The molecule has 0 aromatic rings. The van der Waals surface area contributed by atoms with Crippen LogP contribution >= 0.6 is 0 Å². The molecule has 0 bridgehead atoms. The average molecular weight is 232 g/mol. The maximum absolute atomic E-state index is 11.2. The van der Waals surface area contributed by atoms with Crippen molar-refractivity contribution in [2.45, 2.75) is 52.9 Å². The summed E-state index contributed by atoms with van der Waals surface area (Å²) < 4.78 is 0. The Morgan fingerprint density at radius 1 is 1.41 bits per heavy atom. The Labute approximate surface area is 105 Å². The molecule has 0 aliphatic heterocycles. The summed E-state index contributed by atoms with van der Waals surface area (Å²) in [7, 11) is 0. The molecular formula is C16H24O. The highest BCUT2D eigenvalue weighted by atomic mass is 16.1. The van der Waals surface area contributed by atoms with Gasteiger partial charge in [0.2, 0.25) is 0 Å². The van der Waals surface area contributed by atoms with Gasteiger partial charge in [-0.15, -0.1) is 0 Å². The van der Waals surface area contributed by atoms with Crippen molar-refractivity contribution in [2.24, 2.45) is 17.3 Å². The number of fused-ring (bicyclic) bond motifs is 1. The molecule has 1 saturated carbocycles. The number of ketones is 1. The third kappa shape index (κ3) is 2.70. The fraction of sp³-hybridized carbons (Fsp3) is 0.688. The van der Waals surface area contributed by atoms with Crippen molar-refractivity contribution in [2.75, 3.05) is 0 Å². The van der Waals surface area contributed by atoms with Crippen LogP contribution in [-0.4, -0.2) is 5.78 Å². The Kier molecular flexibility index (Phi) is 3.56. The van der Waals surface area contributed by atoms with E-state index in [-0.39, 0.29) is 5.78 Å². The molecule has 2 aliphatic rings. The summed E-state index contributed by atoms with van der Waals surface area (Å²) in [4.78, 5) is 11.2. The summed E-state index contributed by atoms with van der Waals surface area (Å²) in [6.07, 6.45) is 12.9. The zero-order valence-corrected chi connectivity index (χ0v) is 11.3. The molecule has 0 heterocycles. The van der Waals surface area contributed by atoms with Crippen LogP contribution in [0.4, 0.5) is 0 Å². The third-order valence-electron chi connectivity index (χ3n) is 4.47. The van der Waals surface area contributed by atoms with E-state index in [1.54, 1.807) is 18.6 Å². The standard InChI is InChI=1S/C16H24O/c1-12(17)8-9-15-14-7-5-4-6-13(14)10-11-16(15,2)3/h7-9,13,15H,4-6,10-11H2,1-3H3/b9-8+/t13-,15-/m1/s1. The van der Waals surface area contributed by atoms with E-state index >= 15 is 0 Å². The molecule has 0 aromatic carbocycles. The fourth-order valence-corrected chi connectivity index (χ4v) is 3.41. The number of allylic oxidation sites excluding steroid dienone is 4. The first-order chi connectivity index (χ1) is 8.00. The summed E-state index contributed by atoms with van der Waals surface area (Å²) in [5.74, 6) is 1.43. The third-order valence-corrected chi connectivity index (χ3v) is 4.47. The zero-order valence-electron chi connectivity index (χ0n) is 11.3. The van der Waals surface area contributed by atoms with Crippen LogP contribution in [0.2, 0.25) is 0 Å². The number of hydrogen-bond donors (Lipinski definition) is 0. The van der Waals surface area contributed by atoms with E-state index in [1.165, 1.54) is 32.1 Å². The Hall–Kier alpha value is -0.850. The molecule has 1 heteroatoms. The van der Waals surface area contributed by atoms with Gasteiger partial charge in [-0.05, 0) is 56.4 Å². The lowest BCUT2D eigenvalue weighted by atomic mass is 9.60. The number of rotatable bonds is 2. The Morgan fingerprint density at radius 2 is 2.18 bits per heavy atom. The Balaban J connectivity index is 2.27. The SMILES string of the molecule is CC(=O)/C=C/[C@@H]1C2=CCCC[C@@H]2CCC1(C)C. The lowest BCUT2D eigenvalue weighted by Crippen LogP contribution is -2.34. The van der Waals surface area contributed by atoms with Gasteiger partial charge in [-0.1, -0.05) is 31.6 Å². The summed E-state index contributed by atoms with van der Waals surface area (Å²) in [6.45, 7) is 6.32. The first kappa shape index (κ1) is 12.6. The minimum absolute atomic E-state index is 0.166. The molecule has 17 heavy (non-hydrogen) atoms. The molecule has 1 fully saturated rings. The second-order valence-electron chi connectivity index (χ2n) is 6.31. The maximum Gasteiger partial charge on any atom is 0.152 e. The van der Waals surface area contributed by atoms with Crippen LogP contribution in [0.25, 0.3) is 0 Å². The highest BCUT2D eigenvalue weighted by Crippen LogP contribution is 2.50. The highest BCUT2D eigenvalue weighted by Gasteiger charge is 2.38. The quantitative estimate of drug-likeness (QED) is 0.512. The normalized spacial score (nSPS) is 32.1. The average Bonchev–Trinajstić information content (AvgIpc) is 2.27. The summed E-state index contributed by atoms with van der Waals surface area (Å²) in [6, 6.07) is 0. The molecule has 0 radical (unpaired) electrons. The van der Waals surface area contributed by atoms with Gasteiger partial charge in [0.15, 0.2) is 5.78 Å². The molecule has 2 atom stereocenters. The largest absolute Gasteiger partial charge is 0.295 e. The lowest BCUT2D eigenvalue weighted by Gasteiger charge is -2.44. The monoisotopic (exact) mass is 232 g/mol. The second-order valence-corrected chi connectivity index (χ2v) is 6.31. The first-order valence-electron chi connectivity index (χ1n) is 6.89. The molecule has 0 saturated heterocycles. The second kappa shape index (κ2) is 4.80. The zero-order chi connectivity index (χ0) is 12.5. The molecule has 0 aromatic heterocycles. The molecule has 1 nitrogen and oxygen atoms in total. The molecular weight excluding hydrogens is 208 g/mol. The van der Waals surface area contributed by atoms with Crippen molar-refractivity contribution in [1.29, 1.82) is 0 Å². The van der Waals surface area contributed by atoms with Crippen LogP contribution < -0.4 is 0 Å². The fourth-order valence-electron chi connectivity index (χ4n) is 3.41. The molecule has 0 spiro atoms. The van der Waals surface area contributed by atoms with Crippen molar-refractivity contribution in [3.8, 4) is 0 Å². The van der Waals surface area contributed by atoms with Gasteiger partial charge in [0.05, 0.1) is 0 Å². The Bertz CT molecular complexity index is 360. The van der Waals surface area contributed by atoms with Crippen LogP contribution in [0.5, 0.6) is 0 Å².